The molecule has 7 heteroatoms. The van der Waals surface area contributed by atoms with Crippen molar-refractivity contribution >= 4 is 17.5 Å². The van der Waals surface area contributed by atoms with Crippen LogP contribution in [0.15, 0.2) is 48.8 Å². The van der Waals surface area contributed by atoms with Gasteiger partial charge >= 0.3 is 0 Å². The Balaban J connectivity index is 1.63. The molecule has 1 saturated heterocycles. The second-order valence-corrected chi connectivity index (χ2v) is 8.68. The molecule has 3 heterocycles. The number of hydrogen-bond acceptors (Lipinski definition) is 5. The first-order chi connectivity index (χ1) is 15.6. The molecular formula is C25H32N4O3. The average molecular weight is 437 g/mol. The summed E-state index contributed by atoms with van der Waals surface area (Å²) < 4.78 is 5.97. The monoisotopic (exact) mass is 436 g/mol. The van der Waals surface area contributed by atoms with Crippen molar-refractivity contribution in [2.24, 2.45) is 0 Å². The second kappa shape index (κ2) is 10.1. The molecule has 1 atom stereocenters. The highest BCUT2D eigenvalue weighted by molar-refractivity contribution is 5.99. The Labute approximate surface area is 189 Å². The molecule has 1 spiro atoms. The van der Waals surface area contributed by atoms with Crippen molar-refractivity contribution in [3.05, 3.63) is 54.4 Å². The molecule has 4 rings (SSSR count). The number of rotatable bonds is 2. The summed E-state index contributed by atoms with van der Waals surface area (Å²) in [5.41, 5.74) is 1.20. The van der Waals surface area contributed by atoms with Crippen LogP contribution in [0.2, 0.25) is 0 Å². The van der Waals surface area contributed by atoms with E-state index in [1.165, 1.54) is 0 Å². The number of amides is 2. The van der Waals surface area contributed by atoms with Gasteiger partial charge in [0.15, 0.2) is 0 Å². The van der Waals surface area contributed by atoms with Crippen LogP contribution in [0.5, 0.6) is 5.75 Å². The van der Waals surface area contributed by atoms with E-state index in [-0.39, 0.29) is 11.8 Å². The number of fused-ring (bicyclic) bond motifs is 1. The Kier molecular flexibility index (Phi) is 7.05. The summed E-state index contributed by atoms with van der Waals surface area (Å²) in [6.45, 7) is 4.78. The first-order valence-electron chi connectivity index (χ1n) is 11.5. The Morgan fingerprint density at radius 3 is 2.75 bits per heavy atom. The largest absolute Gasteiger partial charge is 0.490 e. The zero-order valence-corrected chi connectivity index (χ0v) is 18.8. The van der Waals surface area contributed by atoms with Crippen molar-refractivity contribution in [2.45, 2.75) is 51.1 Å². The lowest BCUT2D eigenvalue weighted by Gasteiger charge is -2.37. The van der Waals surface area contributed by atoms with Crippen LogP contribution in [-0.4, -0.2) is 58.4 Å². The fraction of sp³-hybridized carbons (Fsp3) is 0.480. The van der Waals surface area contributed by atoms with Crippen LogP contribution in [0, 0.1) is 0 Å². The Hall–Kier alpha value is -2.93. The van der Waals surface area contributed by atoms with Gasteiger partial charge in [0.2, 0.25) is 11.8 Å². The number of pyridine rings is 1. The molecule has 7 nitrogen and oxygen atoms in total. The Bertz CT molecular complexity index is 936. The smallest absolute Gasteiger partial charge is 0.245 e. The van der Waals surface area contributed by atoms with Gasteiger partial charge in [0, 0.05) is 32.4 Å². The highest BCUT2D eigenvalue weighted by atomic mass is 16.5. The third-order valence-corrected chi connectivity index (χ3v) is 6.61. The summed E-state index contributed by atoms with van der Waals surface area (Å²) in [6, 6.07) is 11.5. The maximum Gasteiger partial charge on any atom is 0.245 e. The Morgan fingerprint density at radius 1 is 1.09 bits per heavy atom. The lowest BCUT2D eigenvalue weighted by Crippen LogP contribution is -2.52. The number of ether oxygens (including phenoxy) is 1. The maximum atomic E-state index is 13.8. The minimum absolute atomic E-state index is 0.0256. The van der Waals surface area contributed by atoms with E-state index in [9.17, 15) is 9.59 Å². The lowest BCUT2D eigenvalue weighted by molar-refractivity contribution is -0.130. The van der Waals surface area contributed by atoms with Gasteiger partial charge in [-0.05, 0) is 62.4 Å². The predicted molar refractivity (Wildman–Crippen MR) is 123 cm³/mol. The van der Waals surface area contributed by atoms with E-state index in [0.29, 0.717) is 37.7 Å². The normalized spacial score (nSPS) is 22.8. The minimum Gasteiger partial charge on any atom is -0.490 e. The first-order valence-corrected chi connectivity index (χ1v) is 11.5. The maximum absolute atomic E-state index is 13.8. The zero-order valence-electron chi connectivity index (χ0n) is 18.8. The van der Waals surface area contributed by atoms with Crippen molar-refractivity contribution in [1.82, 2.24) is 14.8 Å². The molecule has 2 aliphatic rings. The Morgan fingerprint density at radius 2 is 1.94 bits per heavy atom. The minimum atomic E-state index is -0.585. The first kappa shape index (κ1) is 22.3. The topological polar surface area (TPSA) is 74.8 Å². The molecule has 0 unspecified atom stereocenters. The van der Waals surface area contributed by atoms with Gasteiger partial charge in [-0.2, -0.15) is 0 Å². The van der Waals surface area contributed by atoms with Gasteiger partial charge in [0.25, 0.3) is 0 Å². The molecule has 32 heavy (non-hydrogen) atoms. The van der Waals surface area contributed by atoms with Crippen molar-refractivity contribution < 1.29 is 14.3 Å². The summed E-state index contributed by atoms with van der Waals surface area (Å²) in [7, 11) is 0. The molecule has 0 aliphatic carbocycles. The molecule has 1 aromatic heterocycles. The second-order valence-electron chi connectivity index (χ2n) is 8.68. The summed E-state index contributed by atoms with van der Waals surface area (Å²) in [5.74, 6) is 0.716. The zero-order chi connectivity index (χ0) is 22.4. The van der Waals surface area contributed by atoms with Crippen LogP contribution < -0.4 is 10.1 Å². The third-order valence-electron chi connectivity index (χ3n) is 6.61. The van der Waals surface area contributed by atoms with Crippen LogP contribution in [0.25, 0.3) is 0 Å². The van der Waals surface area contributed by atoms with Crippen LogP contribution in [0.3, 0.4) is 0 Å². The number of carbonyl (C=O) groups excluding carboxylic acids is 2. The molecular weight excluding hydrogens is 404 g/mol. The van der Waals surface area contributed by atoms with Gasteiger partial charge < -0.3 is 15.0 Å². The molecule has 1 aromatic carbocycles. The van der Waals surface area contributed by atoms with Crippen LogP contribution in [0.4, 0.5) is 5.69 Å². The van der Waals surface area contributed by atoms with E-state index in [2.05, 4.69) is 21.3 Å². The SMILES string of the molecule is CC(=O)N1CCCC[C@@]2(CCCN2Cc2cccnc2)C(=O)Nc2ccccc2OCC1. The van der Waals surface area contributed by atoms with Gasteiger partial charge in [0.1, 0.15) is 17.9 Å². The van der Waals surface area contributed by atoms with Crippen molar-refractivity contribution in [3.63, 3.8) is 0 Å². The molecule has 0 radical (unpaired) electrons. The summed E-state index contributed by atoms with van der Waals surface area (Å²) in [4.78, 5) is 34.3. The van der Waals surface area contributed by atoms with Gasteiger partial charge in [-0.25, -0.2) is 0 Å². The third kappa shape index (κ3) is 4.93. The number of anilines is 1. The highest BCUT2D eigenvalue weighted by Gasteiger charge is 2.46. The fourth-order valence-electron chi connectivity index (χ4n) is 4.88. The molecule has 1 N–H and O–H groups in total. The summed E-state index contributed by atoms with van der Waals surface area (Å²) >= 11 is 0. The van der Waals surface area contributed by atoms with E-state index in [1.54, 1.807) is 13.1 Å². The quantitative estimate of drug-likeness (QED) is 0.780. The van der Waals surface area contributed by atoms with E-state index in [4.69, 9.17) is 4.74 Å². The van der Waals surface area contributed by atoms with Crippen molar-refractivity contribution in [1.29, 1.82) is 0 Å². The molecule has 0 bridgehead atoms. The van der Waals surface area contributed by atoms with Crippen molar-refractivity contribution in [2.75, 3.05) is 31.6 Å². The molecule has 1 fully saturated rings. The van der Waals surface area contributed by atoms with Gasteiger partial charge in [-0.3, -0.25) is 19.5 Å². The summed E-state index contributed by atoms with van der Waals surface area (Å²) in [6.07, 6.45) is 7.94. The van der Waals surface area contributed by atoms with E-state index in [1.807, 2.05) is 41.4 Å². The van der Waals surface area contributed by atoms with Crippen molar-refractivity contribution in [3.8, 4) is 5.75 Å². The lowest BCUT2D eigenvalue weighted by atomic mass is 9.87. The number of para-hydroxylation sites is 2. The number of hydrogen-bond donors (Lipinski definition) is 1. The van der Waals surface area contributed by atoms with Gasteiger partial charge in [-0.15, -0.1) is 0 Å². The van der Waals surface area contributed by atoms with Gasteiger partial charge in [-0.1, -0.05) is 18.2 Å². The number of nitrogens with zero attached hydrogens (tertiary/aromatic N) is 3. The number of carbonyl (C=O) groups is 2. The number of likely N-dealkylation sites (tertiary alicyclic amines) is 1. The molecule has 170 valence electrons. The van der Waals surface area contributed by atoms with Crippen LogP contribution in [0.1, 0.15) is 44.6 Å². The standard InChI is InChI=1S/C25H32N4O3/c1-20(30)28-14-5-4-11-25(12-7-15-29(25)19-21-8-6-13-26-18-21)24(31)27-22-9-2-3-10-23(22)32-17-16-28/h2-3,6,8-10,13,18H,4-5,7,11-12,14-17,19H2,1H3,(H,27,31)/t25-/m1/s1. The van der Waals surface area contributed by atoms with Crippen LogP contribution in [-0.2, 0) is 16.1 Å². The fourth-order valence-corrected chi connectivity index (χ4v) is 4.88. The van der Waals surface area contributed by atoms with E-state index >= 15 is 0 Å². The van der Waals surface area contributed by atoms with E-state index in [0.717, 1.165) is 44.2 Å². The average Bonchev–Trinajstić information content (AvgIpc) is 3.20. The highest BCUT2D eigenvalue weighted by Crippen LogP contribution is 2.37. The van der Waals surface area contributed by atoms with Gasteiger partial charge in [0.05, 0.1) is 12.2 Å². The molecule has 2 aliphatic heterocycles. The summed E-state index contributed by atoms with van der Waals surface area (Å²) in [5, 5.41) is 3.18. The number of aromatic nitrogens is 1. The number of nitrogens with one attached hydrogen (secondary N) is 1. The molecule has 2 aromatic rings. The molecule has 2 amide bonds. The molecule has 0 saturated carbocycles. The predicted octanol–water partition coefficient (Wildman–Crippen LogP) is 3.47. The van der Waals surface area contributed by atoms with Crippen LogP contribution >= 0.6 is 0 Å². The number of benzene rings is 1. The van der Waals surface area contributed by atoms with E-state index < -0.39 is 5.54 Å².